The third-order valence-electron chi connectivity index (χ3n) is 3.77. The second-order valence-corrected chi connectivity index (χ2v) is 6.63. The molecule has 0 aromatic carbocycles. The van der Waals surface area contributed by atoms with Gasteiger partial charge in [0.2, 0.25) is 0 Å². The molecule has 1 N–H and O–H groups in total. The fraction of sp³-hybridized carbons (Fsp3) is 0.647. The molecule has 0 heterocycles. The minimum Gasteiger partial charge on any atom is -0.478 e. The molecule has 0 fully saturated rings. The molecule has 0 aromatic rings. The van der Waals surface area contributed by atoms with E-state index in [0.717, 1.165) is 12.8 Å². The molecular formula is C17H26O4. The van der Waals surface area contributed by atoms with Gasteiger partial charge in [0.15, 0.2) is 0 Å². The molecule has 0 bridgehead atoms. The van der Waals surface area contributed by atoms with E-state index in [4.69, 9.17) is 4.74 Å². The molecule has 0 saturated heterocycles. The molecule has 1 rings (SSSR count). The van der Waals surface area contributed by atoms with Crippen LogP contribution < -0.4 is 0 Å². The lowest BCUT2D eigenvalue weighted by Crippen LogP contribution is -2.26. The number of allylic oxidation sites excluding steroid dienone is 3. The second kappa shape index (κ2) is 7.43. The summed E-state index contributed by atoms with van der Waals surface area (Å²) in [6, 6.07) is 0. The minimum atomic E-state index is -0.925. The van der Waals surface area contributed by atoms with E-state index in [9.17, 15) is 14.7 Å². The van der Waals surface area contributed by atoms with Gasteiger partial charge in [-0.05, 0) is 38.0 Å². The highest BCUT2D eigenvalue weighted by molar-refractivity contribution is 5.86. The number of ether oxygens (including phenoxy) is 1. The number of carboxylic acid groups (broad SMARTS) is 1. The van der Waals surface area contributed by atoms with Crippen LogP contribution in [0.5, 0.6) is 0 Å². The lowest BCUT2D eigenvalue weighted by Gasteiger charge is -2.28. The number of hydrogen-bond acceptors (Lipinski definition) is 3. The molecule has 0 radical (unpaired) electrons. The molecule has 1 unspecified atom stereocenters. The zero-order valence-corrected chi connectivity index (χ0v) is 13.4. The Morgan fingerprint density at radius 1 is 1.33 bits per heavy atom. The number of carboxylic acids is 1. The van der Waals surface area contributed by atoms with Gasteiger partial charge in [0.05, 0.1) is 0 Å². The van der Waals surface area contributed by atoms with Crippen molar-refractivity contribution < 1.29 is 19.4 Å². The van der Waals surface area contributed by atoms with Crippen molar-refractivity contribution in [3.8, 4) is 0 Å². The van der Waals surface area contributed by atoms with Crippen molar-refractivity contribution in [2.24, 2.45) is 5.41 Å². The monoisotopic (exact) mass is 294 g/mol. The van der Waals surface area contributed by atoms with Crippen molar-refractivity contribution in [2.45, 2.75) is 65.9 Å². The van der Waals surface area contributed by atoms with E-state index in [1.807, 2.05) is 0 Å². The van der Waals surface area contributed by atoms with Gasteiger partial charge in [-0.25, -0.2) is 4.79 Å². The Labute approximate surface area is 126 Å². The summed E-state index contributed by atoms with van der Waals surface area (Å²) < 4.78 is 5.34. The van der Waals surface area contributed by atoms with Crippen LogP contribution in [0.25, 0.3) is 0 Å². The van der Waals surface area contributed by atoms with Gasteiger partial charge in [0, 0.05) is 18.9 Å². The predicted molar refractivity (Wildman–Crippen MR) is 81.9 cm³/mol. The van der Waals surface area contributed by atoms with Gasteiger partial charge in [0.25, 0.3) is 0 Å². The molecule has 21 heavy (non-hydrogen) atoms. The van der Waals surface area contributed by atoms with Crippen LogP contribution in [-0.4, -0.2) is 23.1 Å². The van der Waals surface area contributed by atoms with Gasteiger partial charge in [-0.2, -0.15) is 0 Å². The summed E-state index contributed by atoms with van der Waals surface area (Å²) in [5, 5.41) is 9.31. The zero-order chi connectivity index (χ0) is 16.0. The summed E-state index contributed by atoms with van der Waals surface area (Å²) in [7, 11) is 0. The molecule has 4 heteroatoms. The molecule has 1 atom stereocenters. The third kappa shape index (κ3) is 6.61. The van der Waals surface area contributed by atoms with Crippen LogP contribution in [0.4, 0.5) is 0 Å². The van der Waals surface area contributed by atoms with Crippen LogP contribution in [-0.2, 0) is 14.3 Å². The number of esters is 1. The standard InChI is InChI=1S/C17H26O4/c1-12-6-5-7-14(16(19)20)10-15(21-13(2)18)11-17(3,4)9-8-12/h7-8,15H,5-6,9-11H2,1-4H3,(H,19,20). The average Bonchev–Trinajstić information content (AvgIpc) is 2.35. The Hall–Kier alpha value is -1.58. The summed E-state index contributed by atoms with van der Waals surface area (Å²) in [5.41, 5.74) is 1.58. The highest BCUT2D eigenvalue weighted by Gasteiger charge is 2.27. The molecule has 0 spiro atoms. The molecule has 0 amide bonds. The first-order valence-corrected chi connectivity index (χ1v) is 7.45. The van der Waals surface area contributed by atoms with E-state index >= 15 is 0 Å². The highest BCUT2D eigenvalue weighted by atomic mass is 16.5. The maximum Gasteiger partial charge on any atom is 0.331 e. The van der Waals surface area contributed by atoms with Gasteiger partial charge in [-0.15, -0.1) is 0 Å². The summed E-state index contributed by atoms with van der Waals surface area (Å²) in [6.07, 6.45) is 6.99. The SMILES string of the molecule is CC(=O)OC1CC(C(=O)O)=CCCC(C)=CCC(C)(C)C1. The van der Waals surface area contributed by atoms with Gasteiger partial charge in [-0.1, -0.05) is 31.6 Å². The maximum absolute atomic E-state index is 11.4. The maximum atomic E-state index is 11.4. The van der Waals surface area contributed by atoms with Crippen LogP contribution in [0.3, 0.4) is 0 Å². The first-order valence-electron chi connectivity index (χ1n) is 7.45. The van der Waals surface area contributed by atoms with Gasteiger partial charge >= 0.3 is 11.9 Å². The lowest BCUT2D eigenvalue weighted by molar-refractivity contribution is -0.148. The normalized spacial score (nSPS) is 23.3. The Kier molecular flexibility index (Phi) is 6.19. The molecule has 4 nitrogen and oxygen atoms in total. The van der Waals surface area contributed by atoms with Gasteiger partial charge in [0.1, 0.15) is 6.10 Å². The topological polar surface area (TPSA) is 63.6 Å². The lowest BCUT2D eigenvalue weighted by atomic mass is 9.81. The summed E-state index contributed by atoms with van der Waals surface area (Å²) in [6.45, 7) is 7.68. The van der Waals surface area contributed by atoms with Crippen LogP contribution in [0.2, 0.25) is 0 Å². The van der Waals surface area contributed by atoms with E-state index in [2.05, 4.69) is 26.8 Å². The fourth-order valence-electron chi connectivity index (χ4n) is 2.62. The molecular weight excluding hydrogens is 268 g/mol. The van der Waals surface area contributed by atoms with E-state index in [-0.39, 0.29) is 23.9 Å². The van der Waals surface area contributed by atoms with Crippen molar-refractivity contribution in [3.05, 3.63) is 23.3 Å². The van der Waals surface area contributed by atoms with Gasteiger partial charge in [-0.3, -0.25) is 4.79 Å². The van der Waals surface area contributed by atoms with Crippen LogP contribution in [0.1, 0.15) is 59.8 Å². The van der Waals surface area contributed by atoms with E-state index in [1.165, 1.54) is 12.5 Å². The molecule has 0 aliphatic heterocycles. The fourth-order valence-corrected chi connectivity index (χ4v) is 2.62. The van der Waals surface area contributed by atoms with E-state index < -0.39 is 5.97 Å². The van der Waals surface area contributed by atoms with Crippen molar-refractivity contribution in [3.63, 3.8) is 0 Å². The number of aliphatic carboxylic acids is 1. The average molecular weight is 294 g/mol. The van der Waals surface area contributed by atoms with Crippen LogP contribution in [0.15, 0.2) is 23.3 Å². The van der Waals surface area contributed by atoms with Crippen molar-refractivity contribution in [1.29, 1.82) is 0 Å². The molecule has 0 aromatic heterocycles. The summed E-state index contributed by atoms with van der Waals surface area (Å²) >= 11 is 0. The van der Waals surface area contributed by atoms with Gasteiger partial charge < -0.3 is 9.84 Å². The van der Waals surface area contributed by atoms with E-state index in [1.54, 1.807) is 6.08 Å². The van der Waals surface area contributed by atoms with E-state index in [0.29, 0.717) is 18.4 Å². The Morgan fingerprint density at radius 3 is 2.57 bits per heavy atom. The van der Waals surface area contributed by atoms with Crippen LogP contribution >= 0.6 is 0 Å². The number of hydrogen-bond donors (Lipinski definition) is 1. The minimum absolute atomic E-state index is 0.0324. The largest absolute Gasteiger partial charge is 0.478 e. The number of rotatable bonds is 2. The molecule has 1 aliphatic carbocycles. The summed E-state index contributed by atoms with van der Waals surface area (Å²) in [4.78, 5) is 22.6. The van der Waals surface area contributed by atoms with Crippen molar-refractivity contribution >= 4 is 11.9 Å². The second-order valence-electron chi connectivity index (χ2n) is 6.63. The Balaban J connectivity index is 3.03. The van der Waals surface area contributed by atoms with Crippen molar-refractivity contribution in [2.75, 3.05) is 0 Å². The Bertz CT molecular complexity index is 457. The first kappa shape index (κ1) is 17.5. The molecule has 0 saturated carbocycles. The quantitative estimate of drug-likeness (QED) is 0.620. The first-order chi connectivity index (χ1) is 9.69. The predicted octanol–water partition coefficient (Wildman–Crippen LogP) is 3.87. The highest BCUT2D eigenvalue weighted by Crippen LogP contribution is 2.32. The number of carbonyl (C=O) groups excluding carboxylic acids is 1. The van der Waals surface area contributed by atoms with Crippen LogP contribution in [0, 0.1) is 5.41 Å². The smallest absolute Gasteiger partial charge is 0.331 e. The zero-order valence-electron chi connectivity index (χ0n) is 13.4. The molecule has 1 aliphatic rings. The summed E-state index contributed by atoms with van der Waals surface area (Å²) in [5.74, 6) is -1.28. The third-order valence-corrected chi connectivity index (χ3v) is 3.77. The van der Waals surface area contributed by atoms with Crippen molar-refractivity contribution in [1.82, 2.24) is 0 Å². The Morgan fingerprint density at radius 2 is 2.00 bits per heavy atom. The number of carbonyl (C=O) groups is 2. The molecule has 118 valence electrons.